The molecule has 1 saturated carbocycles. The van der Waals surface area contributed by atoms with Crippen molar-refractivity contribution in [3.63, 3.8) is 0 Å². The lowest BCUT2D eigenvalue weighted by molar-refractivity contribution is -0.132. The van der Waals surface area contributed by atoms with E-state index < -0.39 is 0 Å². The number of para-hydroxylation sites is 2. The number of nitrogens with zero attached hydrogens (tertiary/aromatic N) is 3. The van der Waals surface area contributed by atoms with Gasteiger partial charge in [0.25, 0.3) is 0 Å². The molecule has 1 aromatic carbocycles. The molecule has 5 heteroatoms. The number of rotatable bonds is 6. The molecule has 0 unspecified atom stereocenters. The summed E-state index contributed by atoms with van der Waals surface area (Å²) >= 11 is 0. The predicted octanol–water partition coefficient (Wildman–Crippen LogP) is 2.38. The fourth-order valence-electron chi connectivity index (χ4n) is 3.04. The van der Waals surface area contributed by atoms with Gasteiger partial charge >= 0.3 is 5.69 Å². The largest absolute Gasteiger partial charge is 0.338 e. The monoisotopic (exact) mass is 315 g/mol. The molecule has 0 aliphatic heterocycles. The lowest BCUT2D eigenvalue weighted by atomic mass is 10.1. The first-order chi connectivity index (χ1) is 11.0. The first-order valence-corrected chi connectivity index (χ1v) is 8.42. The van der Waals surface area contributed by atoms with Crippen molar-refractivity contribution in [3.8, 4) is 0 Å². The molecule has 1 heterocycles. The van der Waals surface area contributed by atoms with E-state index in [9.17, 15) is 9.59 Å². The van der Waals surface area contributed by atoms with Crippen LogP contribution in [0.4, 0.5) is 0 Å². The summed E-state index contributed by atoms with van der Waals surface area (Å²) < 4.78 is 3.21. The van der Waals surface area contributed by atoms with Crippen molar-refractivity contribution in [1.82, 2.24) is 14.0 Å². The van der Waals surface area contributed by atoms with Crippen LogP contribution < -0.4 is 5.69 Å². The molecule has 0 bridgehead atoms. The summed E-state index contributed by atoms with van der Waals surface area (Å²) in [6.45, 7) is 5.27. The summed E-state index contributed by atoms with van der Waals surface area (Å²) in [6, 6.07) is 8.01. The molecular formula is C18H25N3O2. The van der Waals surface area contributed by atoms with Crippen LogP contribution in [0.2, 0.25) is 0 Å². The van der Waals surface area contributed by atoms with Crippen LogP contribution in [-0.4, -0.2) is 32.5 Å². The number of hydrogen-bond acceptors (Lipinski definition) is 2. The average Bonchev–Trinajstić information content (AvgIpc) is 3.32. The van der Waals surface area contributed by atoms with Crippen LogP contribution >= 0.6 is 0 Å². The maximum atomic E-state index is 12.8. The van der Waals surface area contributed by atoms with E-state index in [0.29, 0.717) is 12.0 Å². The lowest BCUT2D eigenvalue weighted by Gasteiger charge is -2.23. The molecule has 0 radical (unpaired) electrons. The van der Waals surface area contributed by atoms with Gasteiger partial charge in [-0.15, -0.1) is 0 Å². The number of fused-ring (bicyclic) bond motifs is 1. The van der Waals surface area contributed by atoms with Gasteiger partial charge in [-0.1, -0.05) is 26.0 Å². The Labute approximate surface area is 136 Å². The van der Waals surface area contributed by atoms with Gasteiger partial charge in [0.2, 0.25) is 5.91 Å². The minimum Gasteiger partial charge on any atom is -0.338 e. The average molecular weight is 315 g/mol. The number of carbonyl (C=O) groups excluding carboxylic acids is 1. The summed E-state index contributed by atoms with van der Waals surface area (Å²) in [5.41, 5.74) is 1.57. The second-order valence-electron chi connectivity index (χ2n) is 6.92. The van der Waals surface area contributed by atoms with Crippen LogP contribution in [0.3, 0.4) is 0 Å². The molecule has 23 heavy (non-hydrogen) atoms. The van der Waals surface area contributed by atoms with Crippen molar-refractivity contribution in [2.24, 2.45) is 13.0 Å². The fourth-order valence-corrected chi connectivity index (χ4v) is 3.04. The van der Waals surface area contributed by atoms with Gasteiger partial charge in [0.15, 0.2) is 0 Å². The molecule has 124 valence electrons. The maximum Gasteiger partial charge on any atom is 0.329 e. The van der Waals surface area contributed by atoms with Gasteiger partial charge in [0, 0.05) is 19.6 Å². The maximum absolute atomic E-state index is 12.8. The summed E-state index contributed by atoms with van der Waals surface area (Å²) in [5, 5.41) is 0. The quantitative estimate of drug-likeness (QED) is 0.821. The number of amides is 1. The molecule has 3 rings (SSSR count). The minimum atomic E-state index is -0.126. The van der Waals surface area contributed by atoms with E-state index in [1.807, 2.05) is 29.2 Å². The van der Waals surface area contributed by atoms with Crippen LogP contribution in [0.5, 0.6) is 0 Å². The highest BCUT2D eigenvalue weighted by Gasteiger charge is 2.32. The number of hydrogen-bond donors (Lipinski definition) is 0. The summed E-state index contributed by atoms with van der Waals surface area (Å²) in [7, 11) is 1.75. The molecule has 1 amide bonds. The number of benzene rings is 1. The Hall–Kier alpha value is -2.04. The molecule has 5 nitrogen and oxygen atoms in total. The summed E-state index contributed by atoms with van der Waals surface area (Å²) in [5.74, 6) is 0.635. The smallest absolute Gasteiger partial charge is 0.329 e. The topological polar surface area (TPSA) is 47.2 Å². The second-order valence-corrected chi connectivity index (χ2v) is 6.92. The van der Waals surface area contributed by atoms with Crippen molar-refractivity contribution in [2.45, 2.75) is 45.7 Å². The number of carbonyl (C=O) groups is 1. The van der Waals surface area contributed by atoms with Gasteiger partial charge in [-0.2, -0.15) is 0 Å². The third-order valence-corrected chi connectivity index (χ3v) is 4.60. The molecule has 0 atom stereocenters. The second kappa shape index (κ2) is 6.22. The van der Waals surface area contributed by atoms with E-state index in [-0.39, 0.29) is 18.1 Å². The lowest BCUT2D eigenvalue weighted by Crippen LogP contribution is -2.39. The highest BCUT2D eigenvalue weighted by atomic mass is 16.2. The third-order valence-electron chi connectivity index (χ3n) is 4.60. The van der Waals surface area contributed by atoms with Gasteiger partial charge in [-0.05, 0) is 37.3 Å². The van der Waals surface area contributed by atoms with E-state index in [1.165, 1.54) is 0 Å². The SMILES string of the molecule is CC(C)CCN(C(=O)Cn1c(=O)n(C)c2ccccc21)C1CC1. The zero-order valence-corrected chi connectivity index (χ0v) is 14.2. The van der Waals surface area contributed by atoms with Crippen LogP contribution in [0.1, 0.15) is 33.1 Å². The molecule has 1 fully saturated rings. The van der Waals surface area contributed by atoms with Crippen LogP contribution in [0, 0.1) is 5.92 Å². The normalized spacial score (nSPS) is 14.6. The molecule has 2 aromatic rings. The standard InChI is InChI=1S/C18H25N3O2/c1-13(2)10-11-20(14-8-9-14)17(22)12-21-16-7-5-4-6-15(16)19(3)18(21)23/h4-7,13-14H,8-12H2,1-3H3. The Bertz CT molecular complexity index is 768. The van der Waals surface area contributed by atoms with Gasteiger partial charge < -0.3 is 4.90 Å². The minimum absolute atomic E-state index is 0.0617. The molecule has 1 aromatic heterocycles. The van der Waals surface area contributed by atoms with Crippen LogP contribution in [0.25, 0.3) is 11.0 Å². The van der Waals surface area contributed by atoms with Gasteiger partial charge in [-0.3, -0.25) is 13.9 Å². The number of aromatic nitrogens is 2. The van der Waals surface area contributed by atoms with Crippen molar-refractivity contribution < 1.29 is 4.79 Å². The van der Waals surface area contributed by atoms with Crippen molar-refractivity contribution in [1.29, 1.82) is 0 Å². The van der Waals surface area contributed by atoms with E-state index in [2.05, 4.69) is 13.8 Å². The van der Waals surface area contributed by atoms with Crippen molar-refractivity contribution >= 4 is 16.9 Å². The number of aryl methyl sites for hydroxylation is 1. The third kappa shape index (κ3) is 3.19. The van der Waals surface area contributed by atoms with Gasteiger partial charge in [-0.25, -0.2) is 4.79 Å². The Kier molecular flexibility index (Phi) is 4.28. The highest BCUT2D eigenvalue weighted by molar-refractivity contribution is 5.81. The Morgan fingerprint density at radius 3 is 2.52 bits per heavy atom. The summed E-state index contributed by atoms with van der Waals surface area (Å²) in [6.07, 6.45) is 3.19. The zero-order chi connectivity index (χ0) is 16.6. The van der Waals surface area contributed by atoms with Crippen LogP contribution in [-0.2, 0) is 18.4 Å². The van der Waals surface area contributed by atoms with Gasteiger partial charge in [0.1, 0.15) is 6.54 Å². The van der Waals surface area contributed by atoms with Gasteiger partial charge in [0.05, 0.1) is 11.0 Å². The number of imidazole rings is 1. The van der Waals surface area contributed by atoms with E-state index in [4.69, 9.17) is 0 Å². The van der Waals surface area contributed by atoms with E-state index in [1.54, 1.807) is 16.2 Å². The van der Waals surface area contributed by atoms with Crippen LogP contribution in [0.15, 0.2) is 29.1 Å². The highest BCUT2D eigenvalue weighted by Crippen LogP contribution is 2.28. The molecule has 1 aliphatic carbocycles. The van der Waals surface area contributed by atoms with E-state index >= 15 is 0 Å². The van der Waals surface area contributed by atoms with E-state index in [0.717, 1.165) is 36.8 Å². The van der Waals surface area contributed by atoms with Crippen molar-refractivity contribution in [2.75, 3.05) is 6.54 Å². The predicted molar refractivity (Wildman–Crippen MR) is 91.4 cm³/mol. The molecule has 0 spiro atoms. The van der Waals surface area contributed by atoms with Crippen molar-refractivity contribution in [3.05, 3.63) is 34.7 Å². The Balaban J connectivity index is 1.84. The Morgan fingerprint density at radius 2 is 1.91 bits per heavy atom. The molecular weight excluding hydrogens is 290 g/mol. The molecule has 0 N–H and O–H groups in total. The molecule has 0 saturated heterocycles. The summed E-state index contributed by atoms with van der Waals surface area (Å²) in [4.78, 5) is 27.2. The Morgan fingerprint density at radius 1 is 1.26 bits per heavy atom. The first kappa shape index (κ1) is 15.8. The zero-order valence-electron chi connectivity index (χ0n) is 14.2. The molecule has 1 aliphatic rings. The first-order valence-electron chi connectivity index (χ1n) is 8.42. The fraction of sp³-hybridized carbons (Fsp3) is 0.556.